The number of nitrogens with one attached hydrogen (secondary N) is 3. The number of amides is 3. The van der Waals surface area contributed by atoms with Crippen LogP contribution in [0.15, 0.2) is 0 Å². The van der Waals surface area contributed by atoms with Gasteiger partial charge in [-0.25, -0.2) is 0 Å². The third-order valence-corrected chi connectivity index (χ3v) is 24.1. The average molecular weight is 1880 g/mol. The van der Waals surface area contributed by atoms with E-state index in [0.29, 0.717) is 0 Å². The van der Waals surface area contributed by atoms with Crippen molar-refractivity contribution in [1.82, 2.24) is 16.0 Å². The minimum Gasteiger partial charge on any atom is -0.394 e. The van der Waals surface area contributed by atoms with Crippen molar-refractivity contribution in [3.63, 3.8) is 0 Å². The Balaban J connectivity index is 0.876. The molecule has 11 fully saturated rings. The molecule has 56 heteroatoms. The number of ether oxygens (including phenoxy) is 21. The molecule has 11 aliphatic heterocycles. The fraction of sp³-hybridized carbons (Fsp3) is 0.958. The fourth-order valence-corrected chi connectivity index (χ4v) is 16.9. The van der Waals surface area contributed by atoms with Crippen molar-refractivity contribution in [1.29, 1.82) is 0 Å². The lowest BCUT2D eigenvalue weighted by molar-refractivity contribution is -0.401. The number of carbonyl (C=O) groups is 3. The number of hydrogen-bond donors (Lipinski definition) is 32. The van der Waals surface area contributed by atoms with Gasteiger partial charge in [-0.05, 0) is 20.8 Å². The lowest BCUT2D eigenvalue weighted by Gasteiger charge is -2.52. The molecule has 0 aromatic carbocycles. The minimum absolute atomic E-state index is 0.919. The first kappa shape index (κ1) is 105. The van der Waals surface area contributed by atoms with Gasteiger partial charge in [-0.1, -0.05) is 0 Å². The molecule has 0 aliphatic carbocycles. The van der Waals surface area contributed by atoms with Gasteiger partial charge in [0.15, 0.2) is 69.2 Å². The Morgan fingerprint density at radius 3 is 0.891 bits per heavy atom. The van der Waals surface area contributed by atoms with Gasteiger partial charge >= 0.3 is 0 Å². The normalized spacial score (nSPS) is 51.6. The van der Waals surface area contributed by atoms with Gasteiger partial charge in [0.1, 0.15) is 250 Å². The Labute approximate surface area is 725 Å². The second-order valence-corrected chi connectivity index (χ2v) is 33.0. The van der Waals surface area contributed by atoms with E-state index in [1.807, 2.05) is 0 Å². The largest absolute Gasteiger partial charge is 0.394 e. The highest BCUT2D eigenvalue weighted by Crippen LogP contribution is 2.43. The topological polar surface area (TPSA) is 868 Å². The molecule has 1 unspecified atom stereocenters. The zero-order chi connectivity index (χ0) is 94.1. The number of hydrogen-bond acceptors (Lipinski definition) is 53. The Morgan fingerprint density at radius 2 is 0.484 bits per heavy atom. The summed E-state index contributed by atoms with van der Waals surface area (Å²) in [6.07, 6.45) is -107. The third kappa shape index (κ3) is 22.5. The molecule has 0 saturated carbocycles. The molecule has 0 aromatic rings. The van der Waals surface area contributed by atoms with Gasteiger partial charge in [-0.3, -0.25) is 14.4 Å². The van der Waals surface area contributed by atoms with Crippen LogP contribution in [0, 0.1) is 0 Å². The van der Waals surface area contributed by atoms with Gasteiger partial charge in [0.05, 0.1) is 71.2 Å². The average Bonchev–Trinajstić information content (AvgIpc) is 0.759. The van der Waals surface area contributed by atoms with Gasteiger partial charge in [0, 0.05) is 20.8 Å². The molecule has 11 aliphatic rings. The highest BCUT2D eigenvalue weighted by molar-refractivity contribution is 5.74. The van der Waals surface area contributed by atoms with Crippen LogP contribution in [0.25, 0.3) is 0 Å². The summed E-state index contributed by atoms with van der Waals surface area (Å²) >= 11 is 0. The maximum absolute atomic E-state index is 13.5. The van der Waals surface area contributed by atoms with Crippen LogP contribution in [-0.2, 0) is 114 Å². The van der Waals surface area contributed by atoms with Gasteiger partial charge < -0.3 is 264 Å². The quantitative estimate of drug-likeness (QED) is 0.0306. The van der Waals surface area contributed by atoms with Crippen molar-refractivity contribution in [2.75, 3.05) is 52.9 Å². The Kier molecular flexibility index (Phi) is 37.0. The van der Waals surface area contributed by atoms with E-state index in [1.165, 1.54) is 20.8 Å². The predicted octanol–water partition coefficient (Wildman–Crippen LogP) is -21.5. The Morgan fingerprint density at radius 1 is 0.219 bits per heavy atom. The molecule has 32 N–H and O–H groups in total. The summed E-state index contributed by atoms with van der Waals surface area (Å²) in [7, 11) is 0. The highest BCUT2D eigenvalue weighted by Gasteiger charge is 2.63. The molecule has 742 valence electrons. The maximum atomic E-state index is 13.5. The highest BCUT2D eigenvalue weighted by atomic mass is 16.8. The van der Waals surface area contributed by atoms with Gasteiger partial charge in [0.25, 0.3) is 0 Å². The molecule has 56 nitrogen and oxygen atoms in total. The molecule has 0 bridgehead atoms. The molecular weight excluding hydrogens is 1750 g/mol. The fourth-order valence-electron chi connectivity index (χ4n) is 16.9. The molecule has 0 radical (unpaired) electrons. The number of rotatable bonds is 31. The van der Waals surface area contributed by atoms with E-state index in [4.69, 9.17) is 99.5 Å². The molecule has 0 aromatic heterocycles. The first-order chi connectivity index (χ1) is 60.5. The number of carbonyl (C=O) groups excluding carboxylic acids is 3. The number of aliphatic hydroxyl groups excluding tert-OH is 29. The SMILES string of the molecule is CC(=O)N[C@H]1[C@H](OC[C@H]2O[C@@H](O[C@H]3[C@H](O)[C@@H](O)C(O)O[C@@H]3CO)[C@H](O)[C@@H](O[C@@H]3O[C@H](CO)[C@@H](O[C@@H]4O[C@H](CO)[C@H](O)[C@H](O)[C@H]4O)[C@H](O[C@@H]4O[C@@H](C)[C@@H](O)[C@@H](O)[C@@H]4O)[C@H]3NC(C)=O)[C@H]2O)O[C@H](CO)[C@@H](O[C@@H]2O[C@H](CO)[C@H](O)[C@H](O[C@@H]3O[C@H](CO)[C@@H](O[C@@H]4O[C@H](CO)[C@H](O)[C@H](O)[C@H]4O[C@@H]4O[C@@H](C)[C@@H](O)[C@@H](O)[C@@H]4O)[C@H](O[C@@H]4O[C@@H](C)[C@@H](O)[C@@H](O)[C@@H]4O)[C@H]3NC(C)=O)[C@H]2O)[C@@H]1O. The molecule has 128 heavy (non-hydrogen) atoms. The second-order valence-electron chi connectivity index (χ2n) is 33.0. The van der Waals surface area contributed by atoms with Crippen molar-refractivity contribution >= 4 is 17.7 Å². The van der Waals surface area contributed by atoms with Crippen LogP contribution in [0.1, 0.15) is 41.5 Å². The van der Waals surface area contributed by atoms with Crippen molar-refractivity contribution < 1.29 is 262 Å². The van der Waals surface area contributed by atoms with Crippen LogP contribution in [0.5, 0.6) is 0 Å². The monoisotopic (exact) mass is 1880 g/mol. The molecule has 3 amide bonds. The van der Waals surface area contributed by atoms with Crippen LogP contribution >= 0.6 is 0 Å². The van der Waals surface area contributed by atoms with E-state index in [9.17, 15) is 162 Å². The zero-order valence-corrected chi connectivity index (χ0v) is 69.2. The van der Waals surface area contributed by atoms with Gasteiger partial charge in [-0.2, -0.15) is 0 Å². The smallest absolute Gasteiger partial charge is 0.217 e. The van der Waals surface area contributed by atoms with E-state index < -0.39 is 408 Å². The summed E-state index contributed by atoms with van der Waals surface area (Å²) in [5.74, 6) is -3.00. The molecule has 11 heterocycles. The Hall–Kier alpha value is -3.59. The lowest BCUT2D eigenvalue weighted by atomic mass is 9.93. The van der Waals surface area contributed by atoms with Crippen molar-refractivity contribution in [2.24, 2.45) is 0 Å². The van der Waals surface area contributed by atoms with Gasteiger partial charge in [0.2, 0.25) is 17.7 Å². The van der Waals surface area contributed by atoms with E-state index in [-0.39, 0.29) is 0 Å². The number of aliphatic hydroxyl groups is 29. The summed E-state index contributed by atoms with van der Waals surface area (Å²) in [6, 6.07) is -6.04. The lowest BCUT2D eigenvalue weighted by Crippen LogP contribution is -2.71. The van der Waals surface area contributed by atoms with Crippen molar-refractivity contribution in [2.45, 2.75) is 379 Å². The standard InChI is InChI=1S/C72H121N3O53/c1-15-32(86)40(94)47(101)66(109-15)124-57-30(74-19(5)84)65(117-26(12-81)55(57)122-69-50(104)43(97)35(89)21(7-76)113-69)127-60-38(92)28(119-71(52(60)106)121-54-24(10-79)112-62(107)46(100)45(54)99)14-108-63-29(73-18(4)83)39(93)53(25(11-80)116-63)120-70-51(105)59(37(91)23(9-78)114-70)126-64-31(75-20(6)85)58(125-67-48(102)41(95)33(87)16(2)110-67)56(27(13-82)118-64)123-72-61(44(98)36(90)22(8-77)115-72)128-68-49(103)42(96)34(88)17(3)111-68/h15-17,21-72,76-82,86-107H,7-14H2,1-6H3,(H,73,83)(H,74,84)(H,75,85)/t15-,16-,17-,21+,22+,23+,24+,25+,26+,27+,28+,29+,30+,31+,32+,33+,34+,35-,36-,37-,38-,39+,40+,41+,42+,43-,44-,45+,46+,47-,48-,49-,50+,51+,52+,53+,54+,55+,56+,57+,58+,59-,60-,61+,62?,63+,64-,65-,66-,67-,68-,69-,70-,71-,72-/m0/s1. The second kappa shape index (κ2) is 45.1. The van der Waals surface area contributed by atoms with Crippen molar-refractivity contribution in [3.8, 4) is 0 Å². The summed E-state index contributed by atoms with van der Waals surface area (Å²) in [5.41, 5.74) is 0. The van der Waals surface area contributed by atoms with Gasteiger partial charge in [-0.15, -0.1) is 0 Å². The summed E-state index contributed by atoms with van der Waals surface area (Å²) in [6.45, 7) is -2.71. The van der Waals surface area contributed by atoms with E-state index in [2.05, 4.69) is 16.0 Å². The van der Waals surface area contributed by atoms with E-state index in [1.54, 1.807) is 0 Å². The molecule has 55 atom stereocenters. The van der Waals surface area contributed by atoms with Crippen LogP contribution in [0.4, 0.5) is 0 Å². The molecule has 11 rings (SSSR count). The van der Waals surface area contributed by atoms with Crippen LogP contribution < -0.4 is 16.0 Å². The maximum Gasteiger partial charge on any atom is 0.217 e. The first-order valence-corrected chi connectivity index (χ1v) is 41.2. The van der Waals surface area contributed by atoms with Crippen LogP contribution in [0.2, 0.25) is 0 Å². The summed E-state index contributed by atoms with van der Waals surface area (Å²) in [5, 5.41) is 331. The van der Waals surface area contributed by atoms with E-state index >= 15 is 0 Å². The minimum atomic E-state index is -2.48. The Bertz CT molecular complexity index is 3460. The van der Waals surface area contributed by atoms with Crippen molar-refractivity contribution in [3.05, 3.63) is 0 Å². The summed E-state index contributed by atoms with van der Waals surface area (Å²) in [4.78, 5) is 40.3. The zero-order valence-electron chi connectivity index (χ0n) is 69.2. The van der Waals surface area contributed by atoms with Crippen LogP contribution in [0.3, 0.4) is 0 Å². The molecule has 0 spiro atoms. The van der Waals surface area contributed by atoms with Crippen LogP contribution in [-0.4, -0.2) is 556 Å². The summed E-state index contributed by atoms with van der Waals surface area (Å²) < 4.78 is 126. The molecule has 11 saturated heterocycles. The first-order valence-electron chi connectivity index (χ1n) is 41.2. The molecular formula is C72H121N3O53. The third-order valence-electron chi connectivity index (χ3n) is 24.1. The van der Waals surface area contributed by atoms with E-state index in [0.717, 1.165) is 20.8 Å². The predicted molar refractivity (Wildman–Crippen MR) is 393 cm³/mol.